The van der Waals surface area contributed by atoms with E-state index in [1.165, 1.54) is 12.7 Å². The van der Waals surface area contributed by atoms with E-state index in [2.05, 4.69) is 0 Å². The molecule has 0 amide bonds. The van der Waals surface area contributed by atoms with Gasteiger partial charge in [-0.1, -0.05) is 42.5 Å². The standard InChI is InChI=1S/C18H19FO2/c1-21-17-12-6-10-15(18(17)19)13-16(20)11-5-9-14-7-3-2-4-8-14/h2-4,6-8,10,12H,5,9,11,13H2,1H3. The van der Waals surface area contributed by atoms with Crippen LogP contribution in [0.5, 0.6) is 5.75 Å². The van der Waals surface area contributed by atoms with E-state index in [0.29, 0.717) is 12.0 Å². The van der Waals surface area contributed by atoms with Crippen molar-refractivity contribution in [2.45, 2.75) is 25.7 Å². The van der Waals surface area contributed by atoms with Gasteiger partial charge in [-0.2, -0.15) is 0 Å². The Labute approximate surface area is 124 Å². The molecule has 0 atom stereocenters. The highest BCUT2D eigenvalue weighted by molar-refractivity contribution is 5.81. The predicted molar refractivity (Wildman–Crippen MR) is 81.0 cm³/mol. The largest absolute Gasteiger partial charge is 0.494 e. The Bertz CT molecular complexity index is 593. The molecule has 0 fully saturated rings. The molecular formula is C18H19FO2. The molecule has 0 heterocycles. The molecule has 2 nitrogen and oxygen atoms in total. The molecule has 110 valence electrons. The number of carbonyl (C=O) groups is 1. The van der Waals surface area contributed by atoms with Crippen molar-refractivity contribution in [2.24, 2.45) is 0 Å². The summed E-state index contributed by atoms with van der Waals surface area (Å²) in [7, 11) is 1.42. The molecule has 0 aliphatic heterocycles. The molecule has 0 unspecified atom stereocenters. The number of hydrogen-bond acceptors (Lipinski definition) is 2. The maximum atomic E-state index is 13.9. The Morgan fingerprint density at radius 1 is 1.10 bits per heavy atom. The molecule has 2 aromatic carbocycles. The average Bonchev–Trinajstić information content (AvgIpc) is 2.50. The van der Waals surface area contributed by atoms with Crippen LogP contribution < -0.4 is 4.74 Å². The van der Waals surface area contributed by atoms with Gasteiger partial charge >= 0.3 is 0 Å². The topological polar surface area (TPSA) is 26.3 Å². The number of carbonyl (C=O) groups excluding carboxylic acids is 1. The van der Waals surface area contributed by atoms with Crippen molar-refractivity contribution >= 4 is 5.78 Å². The number of rotatable bonds is 7. The van der Waals surface area contributed by atoms with Crippen LogP contribution in [0.4, 0.5) is 4.39 Å². The van der Waals surface area contributed by atoms with Crippen molar-refractivity contribution in [1.29, 1.82) is 0 Å². The van der Waals surface area contributed by atoms with E-state index in [1.54, 1.807) is 18.2 Å². The summed E-state index contributed by atoms with van der Waals surface area (Å²) >= 11 is 0. The van der Waals surface area contributed by atoms with Crippen molar-refractivity contribution in [3.05, 3.63) is 65.5 Å². The van der Waals surface area contributed by atoms with Crippen LogP contribution in [0.25, 0.3) is 0 Å². The lowest BCUT2D eigenvalue weighted by atomic mass is 10.0. The molecule has 0 bridgehead atoms. The highest BCUT2D eigenvalue weighted by Gasteiger charge is 2.12. The molecule has 0 aliphatic rings. The van der Waals surface area contributed by atoms with E-state index in [0.717, 1.165) is 12.8 Å². The molecule has 2 aromatic rings. The smallest absolute Gasteiger partial charge is 0.168 e. The van der Waals surface area contributed by atoms with Crippen LogP contribution in [-0.4, -0.2) is 12.9 Å². The molecule has 0 aromatic heterocycles. The second kappa shape index (κ2) is 7.58. The van der Waals surface area contributed by atoms with Gasteiger partial charge in [0, 0.05) is 12.8 Å². The second-order valence-corrected chi connectivity index (χ2v) is 4.99. The highest BCUT2D eigenvalue weighted by Crippen LogP contribution is 2.21. The molecule has 0 saturated carbocycles. The number of benzene rings is 2. The van der Waals surface area contributed by atoms with Crippen LogP contribution >= 0.6 is 0 Å². The summed E-state index contributed by atoms with van der Waals surface area (Å²) < 4.78 is 18.9. The molecule has 0 saturated heterocycles. The average molecular weight is 286 g/mol. The van der Waals surface area contributed by atoms with E-state index in [9.17, 15) is 9.18 Å². The minimum Gasteiger partial charge on any atom is -0.494 e. The third-order valence-electron chi connectivity index (χ3n) is 3.41. The maximum absolute atomic E-state index is 13.9. The number of ketones is 1. The van der Waals surface area contributed by atoms with Crippen molar-refractivity contribution in [1.82, 2.24) is 0 Å². The number of Topliss-reactive ketones (excluding diaryl/α,β-unsaturated/α-hetero) is 1. The first-order valence-corrected chi connectivity index (χ1v) is 7.07. The van der Waals surface area contributed by atoms with Crippen molar-refractivity contribution in [2.75, 3.05) is 7.11 Å². The molecule has 21 heavy (non-hydrogen) atoms. The van der Waals surface area contributed by atoms with Crippen LogP contribution in [0.2, 0.25) is 0 Å². The number of hydrogen-bond donors (Lipinski definition) is 0. The zero-order valence-corrected chi connectivity index (χ0v) is 12.1. The molecule has 3 heteroatoms. The molecular weight excluding hydrogens is 267 g/mol. The quantitative estimate of drug-likeness (QED) is 0.770. The summed E-state index contributed by atoms with van der Waals surface area (Å²) in [5.41, 5.74) is 1.62. The van der Waals surface area contributed by atoms with E-state index < -0.39 is 5.82 Å². The van der Waals surface area contributed by atoms with E-state index in [4.69, 9.17) is 4.74 Å². The maximum Gasteiger partial charge on any atom is 0.168 e. The lowest BCUT2D eigenvalue weighted by molar-refractivity contribution is -0.118. The van der Waals surface area contributed by atoms with Gasteiger partial charge in [0.05, 0.1) is 7.11 Å². The molecule has 0 aliphatic carbocycles. The highest BCUT2D eigenvalue weighted by atomic mass is 19.1. The van der Waals surface area contributed by atoms with Crippen molar-refractivity contribution in [3.63, 3.8) is 0 Å². The Kier molecular flexibility index (Phi) is 5.50. The lowest BCUT2D eigenvalue weighted by Crippen LogP contribution is -2.06. The monoisotopic (exact) mass is 286 g/mol. The third kappa shape index (κ3) is 4.42. The molecule has 2 rings (SSSR count). The SMILES string of the molecule is COc1cccc(CC(=O)CCCc2ccccc2)c1F. The van der Waals surface area contributed by atoms with Crippen molar-refractivity contribution < 1.29 is 13.9 Å². The van der Waals surface area contributed by atoms with Crippen LogP contribution in [0, 0.1) is 5.82 Å². The van der Waals surface area contributed by atoms with Gasteiger partial charge in [0.1, 0.15) is 5.78 Å². The van der Waals surface area contributed by atoms with E-state index >= 15 is 0 Å². The number of methoxy groups -OCH3 is 1. The fraction of sp³-hybridized carbons (Fsp3) is 0.278. The third-order valence-corrected chi connectivity index (χ3v) is 3.41. The Balaban J connectivity index is 1.85. The molecule has 0 radical (unpaired) electrons. The molecule has 0 N–H and O–H groups in total. The van der Waals surface area contributed by atoms with Gasteiger partial charge in [-0.15, -0.1) is 0 Å². The first kappa shape index (κ1) is 15.2. The second-order valence-electron chi connectivity index (χ2n) is 4.99. The zero-order valence-electron chi connectivity index (χ0n) is 12.1. The first-order chi connectivity index (χ1) is 10.2. The van der Waals surface area contributed by atoms with Gasteiger partial charge < -0.3 is 4.74 Å². The Morgan fingerprint density at radius 3 is 2.57 bits per heavy atom. The van der Waals surface area contributed by atoms with Gasteiger partial charge in [0.25, 0.3) is 0 Å². The van der Waals surface area contributed by atoms with Gasteiger partial charge in [-0.05, 0) is 30.0 Å². The summed E-state index contributed by atoms with van der Waals surface area (Å²) in [5, 5.41) is 0. The van der Waals surface area contributed by atoms with Crippen LogP contribution in [0.3, 0.4) is 0 Å². The van der Waals surface area contributed by atoms with Gasteiger partial charge in [0.15, 0.2) is 11.6 Å². The number of aryl methyl sites for hydroxylation is 1. The normalized spacial score (nSPS) is 10.4. The summed E-state index contributed by atoms with van der Waals surface area (Å²) in [6.07, 6.45) is 2.24. The van der Waals surface area contributed by atoms with Gasteiger partial charge in [-0.25, -0.2) is 4.39 Å². The fourth-order valence-electron chi connectivity index (χ4n) is 2.29. The summed E-state index contributed by atoms with van der Waals surface area (Å²) in [6.45, 7) is 0. The summed E-state index contributed by atoms with van der Waals surface area (Å²) in [5.74, 6) is -0.195. The molecule has 0 spiro atoms. The Morgan fingerprint density at radius 2 is 1.86 bits per heavy atom. The lowest BCUT2D eigenvalue weighted by Gasteiger charge is -2.07. The zero-order chi connectivity index (χ0) is 15.1. The van der Waals surface area contributed by atoms with Gasteiger partial charge in [0.2, 0.25) is 0 Å². The van der Waals surface area contributed by atoms with Crippen LogP contribution in [0.15, 0.2) is 48.5 Å². The van der Waals surface area contributed by atoms with Gasteiger partial charge in [-0.3, -0.25) is 4.79 Å². The summed E-state index contributed by atoms with van der Waals surface area (Å²) in [4.78, 5) is 11.9. The minimum absolute atomic E-state index is 0.0538. The van der Waals surface area contributed by atoms with Crippen molar-refractivity contribution in [3.8, 4) is 5.75 Å². The minimum atomic E-state index is -0.434. The fourth-order valence-corrected chi connectivity index (χ4v) is 2.29. The van der Waals surface area contributed by atoms with E-state index in [-0.39, 0.29) is 18.0 Å². The number of ether oxygens (including phenoxy) is 1. The first-order valence-electron chi connectivity index (χ1n) is 7.07. The predicted octanol–water partition coefficient (Wildman–Crippen LogP) is 3.97. The summed E-state index contributed by atoms with van der Waals surface area (Å²) in [6, 6.07) is 14.9. The number of halogens is 1. The van der Waals surface area contributed by atoms with E-state index in [1.807, 2.05) is 30.3 Å². The van der Waals surface area contributed by atoms with Crippen LogP contribution in [0.1, 0.15) is 24.0 Å². The Hall–Kier alpha value is -2.16. The van der Waals surface area contributed by atoms with Crippen LogP contribution in [-0.2, 0) is 17.6 Å².